The summed E-state index contributed by atoms with van der Waals surface area (Å²) in [5.41, 5.74) is 2.09. The van der Waals surface area contributed by atoms with Crippen molar-refractivity contribution in [2.75, 3.05) is 37.7 Å². The van der Waals surface area contributed by atoms with Crippen LogP contribution in [0.5, 0.6) is 5.75 Å². The molecule has 0 atom stereocenters. The van der Waals surface area contributed by atoms with Gasteiger partial charge >= 0.3 is 6.09 Å². The molecule has 0 unspecified atom stereocenters. The molecule has 10 heteroatoms. The zero-order chi connectivity index (χ0) is 25.3. The molecule has 0 spiro atoms. The van der Waals surface area contributed by atoms with Gasteiger partial charge in [0.05, 0.1) is 18.2 Å². The lowest BCUT2D eigenvalue weighted by Crippen LogP contribution is -2.44. The Morgan fingerprint density at radius 3 is 2.37 bits per heavy atom. The lowest BCUT2D eigenvalue weighted by Gasteiger charge is -2.33. The molecule has 7 nitrogen and oxygen atoms in total. The summed E-state index contributed by atoms with van der Waals surface area (Å²) in [5, 5.41) is 18.6. The average Bonchev–Trinajstić information content (AvgIpc) is 2.83. The van der Waals surface area contributed by atoms with Crippen molar-refractivity contribution in [3.05, 3.63) is 65.7 Å². The number of piperidine rings is 1. The Morgan fingerprint density at radius 1 is 1.13 bits per heavy atom. The molecular formula is C28H38Cl3N3O4. The number of nitrogens with zero attached hydrogens (tertiary/aromatic N) is 3. The topological polar surface area (TPSA) is 86.0 Å². The third kappa shape index (κ3) is 11.4. The molecule has 2 aromatic rings. The lowest BCUT2D eigenvalue weighted by molar-refractivity contribution is 0.0126. The predicted molar refractivity (Wildman–Crippen MR) is 159 cm³/mol. The van der Waals surface area contributed by atoms with E-state index in [0.717, 1.165) is 29.8 Å². The van der Waals surface area contributed by atoms with Gasteiger partial charge in [0.2, 0.25) is 0 Å². The number of halogens is 3. The van der Waals surface area contributed by atoms with E-state index >= 15 is 0 Å². The van der Waals surface area contributed by atoms with Crippen molar-refractivity contribution >= 4 is 55.1 Å². The van der Waals surface area contributed by atoms with E-state index < -0.39 is 5.60 Å². The summed E-state index contributed by atoms with van der Waals surface area (Å²) in [6, 6.07) is 17.5. The molecule has 1 aliphatic heterocycles. The number of amides is 1. The van der Waals surface area contributed by atoms with E-state index in [0.29, 0.717) is 31.7 Å². The molecule has 1 heterocycles. The molecule has 0 radical (unpaired) electrons. The standard InChI is InChI=1S/C28H35N3O4.3ClH/c1-28(2,3)35-27(33)31-16-13-26(14-17-31)34-25-11-9-24(10-12-25)30(18-19-32)15-5-8-22-6-4-7-23(20-22)21-29;;;/h4-12,20,26,32H,13-19H2,1-3H3;3*1H/b8-5+;;;. The predicted octanol–water partition coefficient (Wildman–Crippen LogP) is 6.11. The van der Waals surface area contributed by atoms with Crippen LogP contribution in [0.2, 0.25) is 0 Å². The van der Waals surface area contributed by atoms with E-state index in [9.17, 15) is 9.90 Å². The third-order valence-electron chi connectivity index (χ3n) is 5.62. The number of benzene rings is 2. The maximum absolute atomic E-state index is 12.2. The quantitative estimate of drug-likeness (QED) is 0.401. The fraction of sp³-hybridized carbons (Fsp3) is 0.429. The largest absolute Gasteiger partial charge is 0.490 e. The van der Waals surface area contributed by atoms with E-state index in [1.54, 1.807) is 11.0 Å². The van der Waals surface area contributed by atoms with Crippen LogP contribution < -0.4 is 9.64 Å². The van der Waals surface area contributed by atoms with Crippen LogP contribution in [-0.2, 0) is 4.74 Å². The molecular weight excluding hydrogens is 549 g/mol. The summed E-state index contributed by atoms with van der Waals surface area (Å²) in [5.74, 6) is 0.789. The van der Waals surface area contributed by atoms with Crippen LogP contribution >= 0.6 is 37.2 Å². The van der Waals surface area contributed by atoms with Gasteiger partial charge in [-0.3, -0.25) is 0 Å². The van der Waals surface area contributed by atoms with Crippen LogP contribution in [0.15, 0.2) is 54.6 Å². The molecule has 1 amide bonds. The molecule has 0 bridgehead atoms. The van der Waals surface area contributed by atoms with Gasteiger partial charge in [-0.05, 0) is 62.7 Å². The van der Waals surface area contributed by atoms with Gasteiger partial charge in [0.1, 0.15) is 17.5 Å². The van der Waals surface area contributed by atoms with Crippen molar-refractivity contribution in [3.8, 4) is 11.8 Å². The maximum atomic E-state index is 12.2. The number of rotatable bonds is 8. The Kier molecular flexibility index (Phi) is 15.9. The van der Waals surface area contributed by atoms with Crippen molar-refractivity contribution in [3.63, 3.8) is 0 Å². The Bertz CT molecular complexity index is 1040. The first-order chi connectivity index (χ1) is 16.8. The van der Waals surface area contributed by atoms with Gasteiger partial charge in [0.25, 0.3) is 0 Å². The first kappa shape index (κ1) is 35.4. The smallest absolute Gasteiger partial charge is 0.410 e. The van der Waals surface area contributed by atoms with Gasteiger partial charge in [0.15, 0.2) is 0 Å². The van der Waals surface area contributed by atoms with E-state index in [1.165, 1.54) is 0 Å². The average molecular weight is 587 g/mol. The summed E-state index contributed by atoms with van der Waals surface area (Å²) in [6.07, 6.45) is 5.31. The number of ether oxygens (including phenoxy) is 2. The van der Waals surface area contributed by atoms with Gasteiger partial charge in [-0.1, -0.05) is 24.3 Å². The summed E-state index contributed by atoms with van der Waals surface area (Å²) in [6.45, 7) is 8.03. The minimum Gasteiger partial charge on any atom is -0.490 e. The first-order valence-corrected chi connectivity index (χ1v) is 12.0. The highest BCUT2D eigenvalue weighted by atomic mass is 35.5. The first-order valence-electron chi connectivity index (χ1n) is 12.0. The number of hydrogen-bond acceptors (Lipinski definition) is 6. The molecule has 0 saturated carbocycles. The van der Waals surface area contributed by atoms with E-state index in [2.05, 4.69) is 11.0 Å². The zero-order valence-electron chi connectivity index (χ0n) is 22.0. The second kappa shape index (κ2) is 17.1. The van der Waals surface area contributed by atoms with Crippen molar-refractivity contribution in [2.24, 2.45) is 0 Å². The summed E-state index contributed by atoms with van der Waals surface area (Å²) < 4.78 is 11.6. The Balaban J connectivity index is 0.00000456. The highest BCUT2D eigenvalue weighted by molar-refractivity contribution is 5.86. The van der Waals surface area contributed by atoms with E-state index in [-0.39, 0.29) is 56.0 Å². The molecule has 1 N–H and O–H groups in total. The normalized spacial score (nSPS) is 13.4. The molecule has 210 valence electrons. The highest BCUT2D eigenvalue weighted by Crippen LogP contribution is 2.24. The van der Waals surface area contributed by atoms with Gasteiger partial charge in [0, 0.05) is 44.7 Å². The molecule has 38 heavy (non-hydrogen) atoms. The van der Waals surface area contributed by atoms with Gasteiger partial charge in [-0.25, -0.2) is 4.79 Å². The number of likely N-dealkylation sites (tertiary alicyclic amines) is 1. The number of aliphatic hydroxyl groups is 1. The molecule has 3 rings (SSSR count). The molecule has 1 saturated heterocycles. The number of carbonyl (C=O) groups excluding carboxylic acids is 1. The van der Waals surface area contributed by atoms with Crippen molar-refractivity contribution < 1.29 is 19.4 Å². The summed E-state index contributed by atoms with van der Waals surface area (Å²) in [7, 11) is 0. The van der Waals surface area contributed by atoms with Crippen LogP contribution in [-0.4, -0.2) is 60.6 Å². The zero-order valence-corrected chi connectivity index (χ0v) is 24.5. The van der Waals surface area contributed by atoms with Gasteiger partial charge < -0.3 is 24.4 Å². The molecule has 1 fully saturated rings. The number of anilines is 1. The minimum atomic E-state index is -0.492. The van der Waals surface area contributed by atoms with Crippen LogP contribution in [0.4, 0.5) is 10.5 Å². The van der Waals surface area contributed by atoms with E-state index in [1.807, 2.05) is 75.4 Å². The summed E-state index contributed by atoms with van der Waals surface area (Å²) >= 11 is 0. The minimum absolute atomic E-state index is 0. The van der Waals surface area contributed by atoms with Gasteiger partial charge in [-0.2, -0.15) is 5.26 Å². The fourth-order valence-corrected chi connectivity index (χ4v) is 3.89. The molecule has 1 aliphatic rings. The Morgan fingerprint density at radius 2 is 1.79 bits per heavy atom. The number of hydrogen-bond donors (Lipinski definition) is 1. The van der Waals surface area contributed by atoms with Crippen molar-refractivity contribution in [1.82, 2.24) is 4.90 Å². The Hall–Kier alpha value is -2.63. The number of nitriles is 1. The van der Waals surface area contributed by atoms with E-state index in [4.69, 9.17) is 14.7 Å². The van der Waals surface area contributed by atoms with Crippen LogP contribution in [0, 0.1) is 11.3 Å². The summed E-state index contributed by atoms with van der Waals surface area (Å²) in [4.78, 5) is 16.1. The Labute approximate surface area is 244 Å². The van der Waals surface area contributed by atoms with Crippen molar-refractivity contribution in [2.45, 2.75) is 45.3 Å². The highest BCUT2D eigenvalue weighted by Gasteiger charge is 2.27. The van der Waals surface area contributed by atoms with Gasteiger partial charge in [-0.15, -0.1) is 37.2 Å². The monoisotopic (exact) mass is 585 g/mol. The van der Waals surface area contributed by atoms with Crippen molar-refractivity contribution in [1.29, 1.82) is 5.26 Å². The van der Waals surface area contributed by atoms with Crippen LogP contribution in [0.1, 0.15) is 44.7 Å². The second-order valence-corrected chi connectivity index (χ2v) is 9.59. The molecule has 0 aliphatic carbocycles. The second-order valence-electron chi connectivity index (χ2n) is 9.59. The number of aliphatic hydroxyl groups excluding tert-OH is 1. The van der Waals surface area contributed by atoms with Crippen LogP contribution in [0.25, 0.3) is 6.08 Å². The molecule has 0 aromatic heterocycles. The van der Waals surface area contributed by atoms with Crippen LogP contribution in [0.3, 0.4) is 0 Å². The maximum Gasteiger partial charge on any atom is 0.410 e. The third-order valence-corrected chi connectivity index (χ3v) is 5.62. The fourth-order valence-electron chi connectivity index (χ4n) is 3.89. The lowest BCUT2D eigenvalue weighted by atomic mass is 10.1. The molecule has 2 aromatic carbocycles. The number of carbonyl (C=O) groups is 1. The SMILES string of the molecule is CC(C)(C)OC(=O)N1CCC(Oc2ccc(N(C/C=C/c3cccc(C#N)c3)CCO)cc2)CC1.Cl.Cl.Cl.